The minimum atomic E-state index is 0.609. The molecular weight excluding hydrogens is 231 g/mol. The van der Waals surface area contributed by atoms with Gasteiger partial charge in [0.15, 0.2) is 0 Å². The van der Waals surface area contributed by atoms with Gasteiger partial charge in [0, 0.05) is 36.2 Å². The van der Waals surface area contributed by atoms with E-state index in [2.05, 4.69) is 29.7 Å². The van der Waals surface area contributed by atoms with Gasteiger partial charge in [-0.1, -0.05) is 6.07 Å². The van der Waals surface area contributed by atoms with Crippen molar-refractivity contribution in [3.8, 4) is 0 Å². The third-order valence-electron chi connectivity index (χ3n) is 2.07. The zero-order chi connectivity index (χ0) is 11.1. The average molecular weight is 247 g/mol. The summed E-state index contributed by atoms with van der Waals surface area (Å²) in [6.45, 7) is 3.63. The minimum absolute atomic E-state index is 0.609. The van der Waals surface area contributed by atoms with Crippen molar-refractivity contribution in [2.24, 2.45) is 0 Å². The highest BCUT2D eigenvalue weighted by atomic mass is 35.5. The molecule has 1 rings (SSSR count). The lowest BCUT2D eigenvalue weighted by Crippen LogP contribution is -2.06. The molecule has 1 aromatic carbocycles. The summed E-state index contributed by atoms with van der Waals surface area (Å²) in [5, 5.41) is 6.51. The number of alkyl halides is 2. The van der Waals surface area contributed by atoms with Crippen LogP contribution in [-0.4, -0.2) is 24.8 Å². The number of hydrogen-bond acceptors (Lipinski definition) is 2. The predicted octanol–water partition coefficient (Wildman–Crippen LogP) is 3.30. The molecule has 0 bridgehead atoms. The molecule has 0 heterocycles. The Bertz CT molecular complexity index is 303. The fraction of sp³-hybridized carbons (Fsp3) is 0.455. The van der Waals surface area contributed by atoms with Crippen molar-refractivity contribution in [1.82, 2.24) is 0 Å². The Hall–Kier alpha value is -0.600. The first kappa shape index (κ1) is 12.5. The van der Waals surface area contributed by atoms with Gasteiger partial charge in [-0.25, -0.2) is 0 Å². The van der Waals surface area contributed by atoms with E-state index >= 15 is 0 Å². The van der Waals surface area contributed by atoms with Crippen molar-refractivity contribution in [2.75, 3.05) is 35.5 Å². The van der Waals surface area contributed by atoms with Crippen LogP contribution in [0.15, 0.2) is 18.2 Å². The second-order valence-corrected chi connectivity index (χ2v) is 4.02. The molecule has 0 fully saturated rings. The van der Waals surface area contributed by atoms with Crippen molar-refractivity contribution < 1.29 is 0 Å². The highest BCUT2D eigenvalue weighted by Gasteiger charge is 1.99. The SMILES string of the molecule is Cc1ccc(NCCCl)cc1NCCCl. The Balaban J connectivity index is 2.66. The molecule has 0 aliphatic carbocycles. The molecule has 0 saturated carbocycles. The van der Waals surface area contributed by atoms with E-state index in [9.17, 15) is 0 Å². The van der Waals surface area contributed by atoms with Crippen LogP contribution in [0.1, 0.15) is 5.56 Å². The third kappa shape index (κ3) is 4.18. The molecule has 0 aliphatic heterocycles. The fourth-order valence-electron chi connectivity index (χ4n) is 1.30. The van der Waals surface area contributed by atoms with E-state index in [0.29, 0.717) is 11.8 Å². The first-order valence-corrected chi connectivity index (χ1v) is 6.05. The summed E-state index contributed by atoms with van der Waals surface area (Å²) >= 11 is 11.2. The fourth-order valence-corrected chi connectivity index (χ4v) is 1.48. The molecule has 2 nitrogen and oxygen atoms in total. The van der Waals surface area contributed by atoms with Crippen molar-refractivity contribution in [1.29, 1.82) is 0 Å². The van der Waals surface area contributed by atoms with Gasteiger partial charge in [0.2, 0.25) is 0 Å². The first-order valence-electron chi connectivity index (χ1n) is 4.98. The van der Waals surface area contributed by atoms with E-state index in [0.717, 1.165) is 24.5 Å². The molecule has 0 aliphatic rings. The van der Waals surface area contributed by atoms with E-state index in [1.807, 2.05) is 6.07 Å². The Morgan fingerprint density at radius 1 is 1.07 bits per heavy atom. The summed E-state index contributed by atoms with van der Waals surface area (Å²) in [4.78, 5) is 0. The van der Waals surface area contributed by atoms with E-state index < -0.39 is 0 Å². The number of benzene rings is 1. The second-order valence-electron chi connectivity index (χ2n) is 3.26. The largest absolute Gasteiger partial charge is 0.384 e. The van der Waals surface area contributed by atoms with E-state index in [-0.39, 0.29) is 0 Å². The van der Waals surface area contributed by atoms with Crippen LogP contribution in [0.2, 0.25) is 0 Å². The topological polar surface area (TPSA) is 24.1 Å². The number of anilines is 2. The molecule has 1 aromatic rings. The van der Waals surface area contributed by atoms with Crippen LogP contribution in [0, 0.1) is 6.92 Å². The number of hydrogen-bond donors (Lipinski definition) is 2. The molecule has 0 spiro atoms. The molecule has 4 heteroatoms. The number of halogens is 2. The molecule has 0 radical (unpaired) electrons. The van der Waals surface area contributed by atoms with Gasteiger partial charge in [-0.15, -0.1) is 23.2 Å². The molecule has 0 amide bonds. The lowest BCUT2D eigenvalue weighted by molar-refractivity contribution is 1.19. The minimum Gasteiger partial charge on any atom is -0.384 e. The smallest absolute Gasteiger partial charge is 0.0396 e. The van der Waals surface area contributed by atoms with Gasteiger partial charge < -0.3 is 10.6 Å². The maximum atomic E-state index is 5.63. The van der Waals surface area contributed by atoms with Gasteiger partial charge in [-0.2, -0.15) is 0 Å². The normalized spacial score (nSPS) is 10.1. The highest BCUT2D eigenvalue weighted by Crippen LogP contribution is 2.19. The van der Waals surface area contributed by atoms with Gasteiger partial charge in [-0.05, 0) is 24.6 Å². The maximum absolute atomic E-state index is 5.63. The van der Waals surface area contributed by atoms with Crippen LogP contribution in [0.3, 0.4) is 0 Å². The Labute approximate surface area is 101 Å². The average Bonchev–Trinajstić information content (AvgIpc) is 2.26. The molecule has 0 saturated heterocycles. The molecule has 0 aromatic heterocycles. The number of nitrogens with one attached hydrogen (secondary N) is 2. The van der Waals surface area contributed by atoms with E-state index in [1.54, 1.807) is 0 Å². The summed E-state index contributed by atoms with van der Waals surface area (Å²) in [7, 11) is 0. The van der Waals surface area contributed by atoms with Crippen LogP contribution < -0.4 is 10.6 Å². The predicted molar refractivity (Wildman–Crippen MR) is 69.6 cm³/mol. The van der Waals surface area contributed by atoms with Crippen LogP contribution in [-0.2, 0) is 0 Å². The van der Waals surface area contributed by atoms with E-state index in [1.165, 1.54) is 5.56 Å². The van der Waals surface area contributed by atoms with Gasteiger partial charge in [0.1, 0.15) is 0 Å². The second kappa shape index (κ2) is 6.81. The Morgan fingerprint density at radius 2 is 1.73 bits per heavy atom. The Kier molecular flexibility index (Phi) is 5.66. The van der Waals surface area contributed by atoms with Crippen LogP contribution >= 0.6 is 23.2 Å². The molecule has 15 heavy (non-hydrogen) atoms. The summed E-state index contributed by atoms with van der Waals surface area (Å²) in [5.41, 5.74) is 3.42. The van der Waals surface area contributed by atoms with Crippen LogP contribution in [0.5, 0.6) is 0 Å². The van der Waals surface area contributed by atoms with Gasteiger partial charge in [0.05, 0.1) is 0 Å². The third-order valence-corrected chi connectivity index (χ3v) is 2.45. The molecular formula is C11H16Cl2N2. The summed E-state index contributed by atoms with van der Waals surface area (Å²) in [6.07, 6.45) is 0. The van der Waals surface area contributed by atoms with Crippen molar-refractivity contribution >= 4 is 34.6 Å². The van der Waals surface area contributed by atoms with Crippen molar-refractivity contribution in [3.05, 3.63) is 23.8 Å². The summed E-state index contributed by atoms with van der Waals surface area (Å²) < 4.78 is 0. The lowest BCUT2D eigenvalue weighted by Gasteiger charge is -2.11. The molecule has 0 unspecified atom stereocenters. The zero-order valence-corrected chi connectivity index (χ0v) is 10.3. The highest BCUT2D eigenvalue weighted by molar-refractivity contribution is 6.18. The summed E-state index contributed by atoms with van der Waals surface area (Å²) in [6, 6.07) is 6.20. The van der Waals surface area contributed by atoms with Gasteiger partial charge in [-0.3, -0.25) is 0 Å². The quantitative estimate of drug-likeness (QED) is 0.753. The number of rotatable bonds is 6. The monoisotopic (exact) mass is 246 g/mol. The van der Waals surface area contributed by atoms with E-state index in [4.69, 9.17) is 23.2 Å². The van der Waals surface area contributed by atoms with Crippen LogP contribution in [0.25, 0.3) is 0 Å². The van der Waals surface area contributed by atoms with Crippen LogP contribution in [0.4, 0.5) is 11.4 Å². The molecule has 2 N–H and O–H groups in total. The van der Waals surface area contributed by atoms with Crippen molar-refractivity contribution in [3.63, 3.8) is 0 Å². The summed E-state index contributed by atoms with van der Waals surface area (Å²) in [5.74, 6) is 1.22. The Morgan fingerprint density at radius 3 is 2.40 bits per heavy atom. The first-order chi connectivity index (χ1) is 7.27. The molecule has 84 valence electrons. The zero-order valence-electron chi connectivity index (χ0n) is 8.82. The van der Waals surface area contributed by atoms with Gasteiger partial charge in [0.25, 0.3) is 0 Å². The van der Waals surface area contributed by atoms with Gasteiger partial charge >= 0.3 is 0 Å². The van der Waals surface area contributed by atoms with Crippen molar-refractivity contribution in [2.45, 2.75) is 6.92 Å². The maximum Gasteiger partial charge on any atom is 0.0396 e. The molecule has 0 atom stereocenters. The lowest BCUT2D eigenvalue weighted by atomic mass is 10.2. The number of aryl methyl sites for hydroxylation is 1. The standard InChI is InChI=1S/C11H16Cl2N2/c1-9-2-3-10(14-6-4-12)8-11(9)15-7-5-13/h2-3,8,14-15H,4-7H2,1H3.